The van der Waals surface area contributed by atoms with Gasteiger partial charge in [0.25, 0.3) is 0 Å². The summed E-state index contributed by atoms with van der Waals surface area (Å²) in [5, 5.41) is 10.3. The zero-order valence-electron chi connectivity index (χ0n) is 21.8. The number of nitrogen functional groups attached to an aromatic ring is 1. The maximum Gasteiger partial charge on any atom is 0.187 e. The molecule has 1 aliphatic heterocycles. The fourth-order valence-electron chi connectivity index (χ4n) is 5.67. The molecule has 2 aliphatic rings. The van der Waals surface area contributed by atoms with Crippen LogP contribution in [0, 0.1) is 13.8 Å². The molecular weight excluding hydrogens is 482 g/mol. The standard InChI is InChI=1S/C27H35N9S/c1-17-18(2)37-27(31-17)32-20-6-4-19(5-7-20)24-23-25(28)29-16-30-26(23)36(33-24)22-10-8-21(9-11-22)35-14-12-34(3)13-15-35/h4-7,16,21-22H,8-15H2,1-3H3,(H,31,32)(H2,28,29,30)/t21-,22+. The fourth-order valence-corrected chi connectivity index (χ4v) is 6.50. The third-order valence-electron chi connectivity index (χ3n) is 8.02. The van der Waals surface area contributed by atoms with Crippen LogP contribution in [0.3, 0.4) is 0 Å². The molecule has 10 heteroatoms. The number of hydrogen-bond donors (Lipinski definition) is 2. The lowest BCUT2D eigenvalue weighted by molar-refractivity contribution is 0.0815. The van der Waals surface area contributed by atoms with Gasteiger partial charge in [0, 0.05) is 48.3 Å². The summed E-state index contributed by atoms with van der Waals surface area (Å²) < 4.78 is 2.12. The van der Waals surface area contributed by atoms with Crippen LogP contribution in [0.2, 0.25) is 0 Å². The number of rotatable bonds is 5. The Morgan fingerprint density at radius 3 is 2.32 bits per heavy atom. The summed E-state index contributed by atoms with van der Waals surface area (Å²) in [7, 11) is 2.22. The Balaban J connectivity index is 1.23. The molecule has 0 amide bonds. The molecule has 0 spiro atoms. The van der Waals surface area contributed by atoms with Crippen LogP contribution in [-0.2, 0) is 0 Å². The highest BCUT2D eigenvalue weighted by Gasteiger charge is 2.30. The second-order valence-corrected chi connectivity index (χ2v) is 11.6. The van der Waals surface area contributed by atoms with Gasteiger partial charge in [-0.2, -0.15) is 5.10 Å². The minimum atomic E-state index is 0.326. The molecule has 6 rings (SSSR count). The number of nitrogens with one attached hydrogen (secondary N) is 1. The van der Waals surface area contributed by atoms with Crippen LogP contribution in [0.15, 0.2) is 30.6 Å². The summed E-state index contributed by atoms with van der Waals surface area (Å²) in [6, 6.07) is 9.29. The average molecular weight is 518 g/mol. The predicted octanol–water partition coefficient (Wildman–Crippen LogP) is 4.62. The van der Waals surface area contributed by atoms with E-state index in [0.717, 1.165) is 51.6 Å². The molecule has 1 saturated heterocycles. The first kappa shape index (κ1) is 24.3. The fraction of sp³-hybridized carbons (Fsp3) is 0.481. The molecule has 0 radical (unpaired) electrons. The van der Waals surface area contributed by atoms with Gasteiger partial charge in [-0.15, -0.1) is 11.3 Å². The van der Waals surface area contributed by atoms with Crippen molar-refractivity contribution in [1.29, 1.82) is 0 Å². The summed E-state index contributed by atoms with van der Waals surface area (Å²) in [6.45, 7) is 8.82. The minimum absolute atomic E-state index is 0.326. The average Bonchev–Trinajstić information content (AvgIpc) is 3.45. The Kier molecular flexibility index (Phi) is 6.56. The summed E-state index contributed by atoms with van der Waals surface area (Å²) in [6.07, 6.45) is 6.16. The zero-order valence-corrected chi connectivity index (χ0v) is 22.6. The highest BCUT2D eigenvalue weighted by atomic mass is 32.1. The van der Waals surface area contributed by atoms with E-state index >= 15 is 0 Å². The number of nitrogens with zero attached hydrogens (tertiary/aromatic N) is 7. The second-order valence-electron chi connectivity index (χ2n) is 10.4. The van der Waals surface area contributed by atoms with Crippen molar-refractivity contribution >= 4 is 39.0 Å². The van der Waals surface area contributed by atoms with Gasteiger partial charge in [0.1, 0.15) is 17.8 Å². The highest BCUT2D eigenvalue weighted by molar-refractivity contribution is 7.15. The van der Waals surface area contributed by atoms with Gasteiger partial charge in [-0.25, -0.2) is 19.6 Å². The van der Waals surface area contributed by atoms with Crippen molar-refractivity contribution in [2.75, 3.05) is 44.3 Å². The molecule has 9 nitrogen and oxygen atoms in total. The van der Waals surface area contributed by atoms with Gasteiger partial charge in [-0.3, -0.25) is 4.90 Å². The number of hydrogen-bond acceptors (Lipinski definition) is 9. The van der Waals surface area contributed by atoms with E-state index in [1.54, 1.807) is 17.7 Å². The first-order chi connectivity index (χ1) is 18.0. The van der Waals surface area contributed by atoms with Gasteiger partial charge in [0.15, 0.2) is 10.8 Å². The van der Waals surface area contributed by atoms with Crippen LogP contribution in [0.1, 0.15) is 42.3 Å². The molecule has 0 unspecified atom stereocenters. The van der Waals surface area contributed by atoms with Gasteiger partial charge in [0.05, 0.1) is 17.1 Å². The van der Waals surface area contributed by atoms with Crippen molar-refractivity contribution in [3.63, 3.8) is 0 Å². The molecule has 4 heterocycles. The van der Waals surface area contributed by atoms with Gasteiger partial charge in [0.2, 0.25) is 0 Å². The van der Waals surface area contributed by atoms with E-state index in [4.69, 9.17) is 10.8 Å². The topological polar surface area (TPSA) is 101 Å². The van der Waals surface area contributed by atoms with E-state index < -0.39 is 0 Å². The third kappa shape index (κ3) is 4.81. The Labute approximate surface area is 221 Å². The number of benzene rings is 1. The van der Waals surface area contributed by atoms with Crippen LogP contribution < -0.4 is 11.1 Å². The lowest BCUT2D eigenvalue weighted by atomic mass is 9.90. The van der Waals surface area contributed by atoms with E-state index in [1.165, 1.54) is 43.9 Å². The van der Waals surface area contributed by atoms with Crippen LogP contribution in [-0.4, -0.2) is 73.8 Å². The Bertz CT molecular complexity index is 1360. The van der Waals surface area contributed by atoms with Crippen molar-refractivity contribution in [3.8, 4) is 11.3 Å². The Hall–Kier alpha value is -3.08. The van der Waals surface area contributed by atoms with E-state index in [-0.39, 0.29) is 0 Å². The number of thiazole rings is 1. The van der Waals surface area contributed by atoms with E-state index in [1.807, 2.05) is 6.92 Å². The van der Waals surface area contributed by atoms with Crippen LogP contribution >= 0.6 is 11.3 Å². The number of nitrogens with two attached hydrogens (primary N) is 1. The Morgan fingerprint density at radius 1 is 0.946 bits per heavy atom. The summed E-state index contributed by atoms with van der Waals surface area (Å²) in [5.74, 6) is 0.480. The van der Waals surface area contributed by atoms with Crippen LogP contribution in [0.5, 0.6) is 0 Å². The van der Waals surface area contributed by atoms with Crippen molar-refractivity contribution in [3.05, 3.63) is 41.2 Å². The van der Waals surface area contributed by atoms with Crippen LogP contribution in [0.25, 0.3) is 22.3 Å². The monoisotopic (exact) mass is 517 g/mol. The zero-order chi connectivity index (χ0) is 25.5. The van der Waals surface area contributed by atoms with Gasteiger partial charge >= 0.3 is 0 Å². The molecular formula is C27H35N9S. The normalized spacial score (nSPS) is 21.5. The maximum atomic E-state index is 6.38. The van der Waals surface area contributed by atoms with E-state index in [2.05, 4.69) is 73.0 Å². The van der Waals surface area contributed by atoms with E-state index in [9.17, 15) is 0 Å². The van der Waals surface area contributed by atoms with Gasteiger partial charge < -0.3 is 16.0 Å². The Morgan fingerprint density at radius 2 is 1.65 bits per heavy atom. The molecule has 0 atom stereocenters. The van der Waals surface area contributed by atoms with Crippen molar-refractivity contribution in [2.45, 2.75) is 51.6 Å². The minimum Gasteiger partial charge on any atom is -0.383 e. The molecule has 0 bridgehead atoms. The largest absolute Gasteiger partial charge is 0.383 e. The molecule has 194 valence electrons. The lowest BCUT2D eigenvalue weighted by Crippen LogP contribution is -2.49. The smallest absolute Gasteiger partial charge is 0.187 e. The van der Waals surface area contributed by atoms with Crippen LogP contribution in [0.4, 0.5) is 16.6 Å². The maximum absolute atomic E-state index is 6.38. The molecule has 1 saturated carbocycles. The SMILES string of the molecule is Cc1nc(Nc2ccc(-c3nn([C@H]4CC[C@@H](N5CCN(C)CC5)CC4)c4ncnc(N)c34)cc2)sc1C. The molecule has 4 aromatic rings. The first-order valence-corrected chi connectivity index (χ1v) is 14.0. The molecule has 2 fully saturated rings. The first-order valence-electron chi connectivity index (χ1n) is 13.2. The number of piperazine rings is 1. The second kappa shape index (κ2) is 10.00. The predicted molar refractivity (Wildman–Crippen MR) is 150 cm³/mol. The number of aryl methyl sites for hydroxylation is 2. The molecule has 37 heavy (non-hydrogen) atoms. The summed E-state index contributed by atoms with van der Waals surface area (Å²) >= 11 is 1.67. The number of likely N-dealkylation sites (N-methyl/N-ethyl adjacent to an activating group) is 1. The summed E-state index contributed by atoms with van der Waals surface area (Å²) in [4.78, 5) is 19.9. The third-order valence-corrected chi connectivity index (χ3v) is 9.01. The van der Waals surface area contributed by atoms with Gasteiger partial charge in [-0.1, -0.05) is 12.1 Å². The molecule has 3 N–H and O–H groups in total. The van der Waals surface area contributed by atoms with Crippen molar-refractivity contribution in [2.24, 2.45) is 0 Å². The molecule has 1 aliphatic carbocycles. The van der Waals surface area contributed by atoms with Crippen molar-refractivity contribution in [1.82, 2.24) is 34.5 Å². The number of anilines is 3. The summed E-state index contributed by atoms with van der Waals surface area (Å²) in [5.41, 5.74) is 11.1. The van der Waals surface area contributed by atoms with Crippen molar-refractivity contribution < 1.29 is 0 Å². The van der Waals surface area contributed by atoms with Gasteiger partial charge in [-0.05, 0) is 58.7 Å². The van der Waals surface area contributed by atoms with E-state index in [0.29, 0.717) is 17.9 Å². The molecule has 3 aromatic heterocycles. The highest BCUT2D eigenvalue weighted by Crippen LogP contribution is 2.37. The quantitative estimate of drug-likeness (QED) is 0.395. The number of aromatic nitrogens is 5. The number of fused-ring (bicyclic) bond motifs is 1. The lowest BCUT2D eigenvalue weighted by Gasteiger charge is -2.41. The molecule has 1 aromatic carbocycles.